The Labute approximate surface area is 138 Å². The minimum atomic E-state index is 0.184. The molecular formula is C18H27N3O2. The first-order chi connectivity index (χ1) is 11.2. The van der Waals surface area contributed by atoms with E-state index in [0.717, 1.165) is 51.3 Å². The largest absolute Gasteiger partial charge is 0.492 e. The normalized spacial score (nSPS) is 19.5. The number of hydrogen-bond acceptors (Lipinski definition) is 4. The molecule has 5 nitrogen and oxygen atoms in total. The summed E-state index contributed by atoms with van der Waals surface area (Å²) in [6.07, 6.45) is 2.31. The highest BCUT2D eigenvalue weighted by Gasteiger charge is 2.25. The van der Waals surface area contributed by atoms with Gasteiger partial charge in [-0.2, -0.15) is 0 Å². The van der Waals surface area contributed by atoms with Gasteiger partial charge in [-0.05, 0) is 37.5 Å². The first-order valence-corrected chi connectivity index (χ1v) is 8.62. The maximum atomic E-state index is 11.8. The predicted molar refractivity (Wildman–Crippen MR) is 90.7 cm³/mol. The Hall–Kier alpha value is -1.59. The summed E-state index contributed by atoms with van der Waals surface area (Å²) in [5.41, 5.74) is 1.22. The third-order valence-corrected chi connectivity index (χ3v) is 4.44. The molecule has 1 aromatic rings. The van der Waals surface area contributed by atoms with E-state index in [1.807, 2.05) is 12.1 Å². The van der Waals surface area contributed by atoms with Crippen molar-refractivity contribution in [3.8, 4) is 5.75 Å². The maximum Gasteiger partial charge on any atom is 0.234 e. The number of nitrogens with zero attached hydrogens (tertiary/aromatic N) is 2. The van der Waals surface area contributed by atoms with Gasteiger partial charge in [0.1, 0.15) is 12.4 Å². The molecule has 1 aromatic carbocycles. The summed E-state index contributed by atoms with van der Waals surface area (Å²) in [4.78, 5) is 16.5. The van der Waals surface area contributed by atoms with Crippen LogP contribution in [0.3, 0.4) is 0 Å². The molecule has 2 aliphatic rings. The lowest BCUT2D eigenvalue weighted by atomic mass is 10.2. The lowest BCUT2D eigenvalue weighted by molar-refractivity contribution is -0.122. The first kappa shape index (κ1) is 16.3. The second-order valence-electron chi connectivity index (χ2n) is 6.62. The van der Waals surface area contributed by atoms with Gasteiger partial charge < -0.3 is 10.1 Å². The highest BCUT2D eigenvalue weighted by molar-refractivity contribution is 5.78. The number of piperazine rings is 1. The Bertz CT molecular complexity index is 523. The van der Waals surface area contributed by atoms with Crippen LogP contribution < -0.4 is 10.1 Å². The van der Waals surface area contributed by atoms with Crippen molar-refractivity contribution < 1.29 is 9.53 Å². The molecule has 1 aliphatic heterocycles. The van der Waals surface area contributed by atoms with Crippen LogP contribution in [0.25, 0.3) is 0 Å². The Morgan fingerprint density at radius 3 is 2.65 bits per heavy atom. The molecule has 3 rings (SSSR count). The van der Waals surface area contributed by atoms with Crippen LogP contribution in [0.15, 0.2) is 24.3 Å². The molecule has 1 saturated carbocycles. The average Bonchev–Trinajstić information content (AvgIpc) is 3.33. The minimum absolute atomic E-state index is 0.184. The molecule has 0 atom stereocenters. The van der Waals surface area contributed by atoms with Gasteiger partial charge in [0.2, 0.25) is 5.91 Å². The second-order valence-corrected chi connectivity index (χ2v) is 6.62. The topological polar surface area (TPSA) is 44.8 Å². The first-order valence-electron chi connectivity index (χ1n) is 8.62. The molecule has 5 heteroatoms. The van der Waals surface area contributed by atoms with Crippen LogP contribution in [0.1, 0.15) is 18.4 Å². The van der Waals surface area contributed by atoms with Crippen molar-refractivity contribution in [1.29, 1.82) is 0 Å². The molecule has 1 amide bonds. The summed E-state index contributed by atoms with van der Waals surface area (Å²) >= 11 is 0. The molecular weight excluding hydrogens is 290 g/mol. The zero-order valence-corrected chi connectivity index (χ0v) is 14.0. The van der Waals surface area contributed by atoms with Gasteiger partial charge in [-0.3, -0.25) is 14.6 Å². The average molecular weight is 317 g/mol. The van der Waals surface area contributed by atoms with E-state index >= 15 is 0 Å². The van der Waals surface area contributed by atoms with E-state index in [-0.39, 0.29) is 5.91 Å². The van der Waals surface area contributed by atoms with E-state index in [1.54, 1.807) is 0 Å². The van der Waals surface area contributed by atoms with Gasteiger partial charge in [0.05, 0.1) is 6.54 Å². The smallest absolute Gasteiger partial charge is 0.234 e. The summed E-state index contributed by atoms with van der Waals surface area (Å²) in [5.74, 6) is 1.13. The standard InChI is InChI=1S/C18H27N3O2/c1-15-3-2-4-17(13-15)23-12-11-20-7-9-21(10-8-20)14-18(22)19-16-5-6-16/h2-4,13,16H,5-12,14H2,1H3,(H,19,22). The number of carbonyl (C=O) groups excluding carboxylic acids is 1. The molecule has 126 valence electrons. The van der Waals surface area contributed by atoms with Crippen molar-refractivity contribution in [2.75, 3.05) is 45.9 Å². The zero-order valence-electron chi connectivity index (χ0n) is 14.0. The molecule has 23 heavy (non-hydrogen) atoms. The van der Waals surface area contributed by atoms with Crippen LogP contribution in [0, 0.1) is 6.92 Å². The highest BCUT2D eigenvalue weighted by Crippen LogP contribution is 2.18. The summed E-state index contributed by atoms with van der Waals surface area (Å²) in [7, 11) is 0. The lowest BCUT2D eigenvalue weighted by Gasteiger charge is -2.34. The van der Waals surface area contributed by atoms with E-state index in [4.69, 9.17) is 4.74 Å². The number of benzene rings is 1. The van der Waals surface area contributed by atoms with Gasteiger partial charge in [0, 0.05) is 38.8 Å². The summed E-state index contributed by atoms with van der Waals surface area (Å²) in [6.45, 7) is 8.21. The number of carbonyl (C=O) groups is 1. The fraction of sp³-hybridized carbons (Fsp3) is 0.611. The van der Waals surface area contributed by atoms with E-state index < -0.39 is 0 Å². The Kier molecular flexibility index (Phi) is 5.51. The van der Waals surface area contributed by atoms with E-state index in [1.165, 1.54) is 5.56 Å². The molecule has 1 N–H and O–H groups in total. The van der Waals surface area contributed by atoms with Crippen LogP contribution >= 0.6 is 0 Å². The zero-order chi connectivity index (χ0) is 16.1. The van der Waals surface area contributed by atoms with Gasteiger partial charge in [-0.25, -0.2) is 0 Å². The van der Waals surface area contributed by atoms with Gasteiger partial charge >= 0.3 is 0 Å². The van der Waals surface area contributed by atoms with Crippen LogP contribution in [0.5, 0.6) is 5.75 Å². The van der Waals surface area contributed by atoms with Gasteiger partial charge in [-0.15, -0.1) is 0 Å². The van der Waals surface area contributed by atoms with Crippen molar-refractivity contribution in [3.05, 3.63) is 29.8 Å². The monoisotopic (exact) mass is 317 g/mol. The van der Waals surface area contributed by atoms with Crippen LogP contribution in [0.4, 0.5) is 0 Å². The van der Waals surface area contributed by atoms with E-state index in [9.17, 15) is 4.79 Å². The highest BCUT2D eigenvalue weighted by atomic mass is 16.5. The van der Waals surface area contributed by atoms with E-state index in [2.05, 4.69) is 34.2 Å². The Balaban J connectivity index is 1.30. The van der Waals surface area contributed by atoms with E-state index in [0.29, 0.717) is 19.2 Å². The van der Waals surface area contributed by atoms with Crippen molar-refractivity contribution in [3.63, 3.8) is 0 Å². The number of amides is 1. The van der Waals surface area contributed by atoms with Gasteiger partial charge in [0.25, 0.3) is 0 Å². The third kappa shape index (κ3) is 5.52. The van der Waals surface area contributed by atoms with Crippen LogP contribution in [0.2, 0.25) is 0 Å². The quantitative estimate of drug-likeness (QED) is 0.823. The number of hydrogen-bond donors (Lipinski definition) is 1. The molecule has 1 heterocycles. The fourth-order valence-corrected chi connectivity index (χ4v) is 2.87. The second kappa shape index (κ2) is 7.79. The predicted octanol–water partition coefficient (Wildman–Crippen LogP) is 1.27. The van der Waals surface area contributed by atoms with Crippen molar-refractivity contribution in [2.24, 2.45) is 0 Å². The molecule has 2 fully saturated rings. The number of aryl methyl sites for hydroxylation is 1. The summed E-state index contributed by atoms with van der Waals surface area (Å²) < 4.78 is 5.81. The molecule has 0 bridgehead atoms. The summed E-state index contributed by atoms with van der Waals surface area (Å²) in [6, 6.07) is 8.63. The number of ether oxygens (including phenoxy) is 1. The van der Waals surface area contributed by atoms with Crippen molar-refractivity contribution in [2.45, 2.75) is 25.8 Å². The summed E-state index contributed by atoms with van der Waals surface area (Å²) in [5, 5.41) is 3.06. The Morgan fingerprint density at radius 1 is 1.22 bits per heavy atom. The molecule has 0 unspecified atom stereocenters. The van der Waals surface area contributed by atoms with Crippen LogP contribution in [-0.4, -0.2) is 67.6 Å². The lowest BCUT2D eigenvalue weighted by Crippen LogP contribution is -2.50. The SMILES string of the molecule is Cc1cccc(OCCN2CCN(CC(=O)NC3CC3)CC2)c1. The van der Waals surface area contributed by atoms with Crippen molar-refractivity contribution in [1.82, 2.24) is 15.1 Å². The fourth-order valence-electron chi connectivity index (χ4n) is 2.87. The molecule has 0 radical (unpaired) electrons. The Morgan fingerprint density at radius 2 is 1.96 bits per heavy atom. The molecule has 1 aliphatic carbocycles. The van der Waals surface area contributed by atoms with Crippen molar-refractivity contribution >= 4 is 5.91 Å². The molecule has 1 saturated heterocycles. The van der Waals surface area contributed by atoms with Gasteiger partial charge in [-0.1, -0.05) is 12.1 Å². The minimum Gasteiger partial charge on any atom is -0.492 e. The third-order valence-electron chi connectivity index (χ3n) is 4.44. The van der Waals surface area contributed by atoms with Crippen LogP contribution in [-0.2, 0) is 4.79 Å². The molecule has 0 aromatic heterocycles. The molecule has 0 spiro atoms. The number of rotatable bonds is 7. The van der Waals surface area contributed by atoms with Gasteiger partial charge in [0.15, 0.2) is 0 Å². The maximum absolute atomic E-state index is 11.8. The number of nitrogens with one attached hydrogen (secondary N) is 1.